The number of hydrogen-bond acceptors (Lipinski definition) is 2. The van der Waals surface area contributed by atoms with Crippen LogP contribution in [0.25, 0.3) is 0 Å². The monoisotopic (exact) mass is 325 g/mol. The van der Waals surface area contributed by atoms with E-state index in [1.54, 1.807) is 6.92 Å². The summed E-state index contributed by atoms with van der Waals surface area (Å²) in [6.45, 7) is 5.07. The lowest BCUT2D eigenvalue weighted by molar-refractivity contribution is 0.199. The fourth-order valence-corrected chi connectivity index (χ4v) is 3.66. The molecule has 1 fully saturated rings. The van der Waals surface area contributed by atoms with E-state index in [0.29, 0.717) is 6.04 Å². The second kappa shape index (κ2) is 6.76. The van der Waals surface area contributed by atoms with Crippen molar-refractivity contribution in [2.75, 3.05) is 11.4 Å². The number of halogens is 1. The maximum Gasteiger partial charge on any atom is 0.0762 e. The molecule has 0 aromatic heterocycles. The number of aliphatic hydroxyl groups excluding tert-OH is 1. The quantitative estimate of drug-likeness (QED) is 0.870. The summed E-state index contributed by atoms with van der Waals surface area (Å²) in [6.07, 6.45) is 6.29. The van der Waals surface area contributed by atoms with Crippen LogP contribution >= 0.6 is 15.9 Å². The summed E-state index contributed by atoms with van der Waals surface area (Å²) >= 11 is 3.67. The average Bonchev–Trinajstić information content (AvgIpc) is 2.42. The molecule has 2 nitrogen and oxygen atoms in total. The molecule has 1 aromatic rings. The molecule has 2 rings (SSSR count). The maximum atomic E-state index is 9.65. The molecule has 3 heteroatoms. The van der Waals surface area contributed by atoms with E-state index in [9.17, 15) is 5.11 Å². The van der Waals surface area contributed by atoms with Gasteiger partial charge in [0.15, 0.2) is 0 Å². The van der Waals surface area contributed by atoms with Crippen molar-refractivity contribution >= 4 is 21.6 Å². The average molecular weight is 326 g/mol. The Morgan fingerprint density at radius 2 is 2.00 bits per heavy atom. The zero-order valence-corrected chi connectivity index (χ0v) is 13.5. The van der Waals surface area contributed by atoms with Crippen LogP contribution in [0.2, 0.25) is 0 Å². The summed E-state index contributed by atoms with van der Waals surface area (Å²) in [5.74, 6) is 0. The van der Waals surface area contributed by atoms with Gasteiger partial charge in [-0.3, -0.25) is 0 Å². The van der Waals surface area contributed by atoms with Crippen molar-refractivity contribution in [1.29, 1.82) is 0 Å². The summed E-state index contributed by atoms with van der Waals surface area (Å²) < 4.78 is 1.10. The first-order valence-corrected chi connectivity index (χ1v) is 8.17. The third-order valence-electron chi connectivity index (χ3n) is 4.12. The molecule has 0 saturated heterocycles. The van der Waals surface area contributed by atoms with Crippen LogP contribution in [0.1, 0.15) is 57.6 Å². The molecule has 0 spiro atoms. The van der Waals surface area contributed by atoms with Gasteiger partial charge in [-0.15, -0.1) is 0 Å². The summed E-state index contributed by atoms with van der Waals surface area (Å²) in [4.78, 5) is 2.51. The molecule has 0 bridgehead atoms. The fourth-order valence-electron chi connectivity index (χ4n) is 3.03. The van der Waals surface area contributed by atoms with Gasteiger partial charge in [0.1, 0.15) is 0 Å². The Kier molecular flexibility index (Phi) is 5.28. The molecule has 1 atom stereocenters. The molecular formula is C16H24BrNO. The van der Waals surface area contributed by atoms with Crippen LogP contribution in [-0.2, 0) is 0 Å². The highest BCUT2D eigenvalue weighted by Gasteiger charge is 2.21. The fraction of sp³-hybridized carbons (Fsp3) is 0.625. The molecule has 1 N–H and O–H groups in total. The highest BCUT2D eigenvalue weighted by molar-refractivity contribution is 9.10. The third kappa shape index (κ3) is 3.51. The molecule has 0 unspecified atom stereocenters. The van der Waals surface area contributed by atoms with E-state index in [-0.39, 0.29) is 0 Å². The predicted octanol–water partition coefficient (Wildman–Crippen LogP) is 4.66. The van der Waals surface area contributed by atoms with Gasteiger partial charge in [0.25, 0.3) is 0 Å². The third-order valence-corrected chi connectivity index (χ3v) is 4.75. The Hall–Kier alpha value is -0.540. The van der Waals surface area contributed by atoms with Gasteiger partial charge in [0, 0.05) is 17.1 Å². The van der Waals surface area contributed by atoms with E-state index >= 15 is 0 Å². The number of nitrogens with zero attached hydrogens (tertiary/aromatic N) is 1. The second-order valence-electron chi connectivity index (χ2n) is 5.46. The Morgan fingerprint density at radius 1 is 1.32 bits per heavy atom. The number of hydrogen-bond donors (Lipinski definition) is 1. The normalized spacial score (nSPS) is 18.3. The van der Waals surface area contributed by atoms with Crippen LogP contribution in [-0.4, -0.2) is 17.7 Å². The summed E-state index contributed by atoms with van der Waals surface area (Å²) in [5, 5.41) is 9.65. The van der Waals surface area contributed by atoms with Gasteiger partial charge < -0.3 is 10.0 Å². The van der Waals surface area contributed by atoms with Gasteiger partial charge in [-0.05, 0) is 60.3 Å². The van der Waals surface area contributed by atoms with Crippen molar-refractivity contribution in [3.63, 3.8) is 0 Å². The molecule has 1 saturated carbocycles. The summed E-state index contributed by atoms with van der Waals surface area (Å²) in [7, 11) is 0. The smallest absolute Gasteiger partial charge is 0.0762 e. The van der Waals surface area contributed by atoms with Crippen LogP contribution in [0.4, 0.5) is 5.69 Å². The number of aliphatic hydroxyl groups is 1. The van der Waals surface area contributed by atoms with E-state index in [1.807, 2.05) is 12.1 Å². The summed E-state index contributed by atoms with van der Waals surface area (Å²) in [6, 6.07) is 6.90. The predicted molar refractivity (Wildman–Crippen MR) is 84.7 cm³/mol. The van der Waals surface area contributed by atoms with E-state index in [2.05, 4.69) is 33.8 Å². The van der Waals surface area contributed by atoms with Crippen LogP contribution in [0.3, 0.4) is 0 Å². The van der Waals surface area contributed by atoms with Crippen molar-refractivity contribution in [3.8, 4) is 0 Å². The lowest BCUT2D eigenvalue weighted by atomic mass is 9.93. The molecule has 0 heterocycles. The topological polar surface area (TPSA) is 23.5 Å². The van der Waals surface area contributed by atoms with Crippen molar-refractivity contribution in [3.05, 3.63) is 28.2 Å². The van der Waals surface area contributed by atoms with Crippen LogP contribution in [0.15, 0.2) is 22.7 Å². The Labute approximate surface area is 124 Å². The standard InChI is InChI=1S/C16H24BrNO/c1-3-18(14-7-5-4-6-8-14)16-10-9-13(12(2)19)11-15(16)17/h9-12,14,19H,3-8H2,1-2H3/t12-/m1/s1. The summed E-state index contributed by atoms with van der Waals surface area (Å²) in [5.41, 5.74) is 2.23. The minimum atomic E-state index is -0.407. The Morgan fingerprint density at radius 3 is 2.53 bits per heavy atom. The second-order valence-corrected chi connectivity index (χ2v) is 6.32. The zero-order valence-electron chi connectivity index (χ0n) is 11.9. The van der Waals surface area contributed by atoms with Crippen molar-refractivity contribution in [2.45, 2.75) is 58.1 Å². The van der Waals surface area contributed by atoms with Crippen LogP contribution < -0.4 is 4.90 Å². The van der Waals surface area contributed by atoms with E-state index in [0.717, 1.165) is 16.6 Å². The lowest BCUT2D eigenvalue weighted by Crippen LogP contribution is -2.36. The van der Waals surface area contributed by atoms with E-state index in [4.69, 9.17) is 0 Å². The highest BCUT2D eigenvalue weighted by Crippen LogP contribution is 2.33. The molecule has 19 heavy (non-hydrogen) atoms. The van der Waals surface area contributed by atoms with Gasteiger partial charge >= 0.3 is 0 Å². The largest absolute Gasteiger partial charge is 0.389 e. The van der Waals surface area contributed by atoms with E-state index < -0.39 is 6.10 Å². The van der Waals surface area contributed by atoms with Crippen molar-refractivity contribution in [1.82, 2.24) is 0 Å². The van der Waals surface area contributed by atoms with Crippen LogP contribution in [0.5, 0.6) is 0 Å². The SMILES string of the molecule is CCN(c1ccc([C@@H](C)O)cc1Br)C1CCCCC1. The maximum absolute atomic E-state index is 9.65. The number of benzene rings is 1. The Balaban J connectivity index is 2.22. The van der Waals surface area contributed by atoms with E-state index in [1.165, 1.54) is 37.8 Å². The van der Waals surface area contributed by atoms with Gasteiger partial charge in [0.2, 0.25) is 0 Å². The number of anilines is 1. The van der Waals surface area contributed by atoms with Gasteiger partial charge in [-0.2, -0.15) is 0 Å². The minimum Gasteiger partial charge on any atom is -0.389 e. The molecule has 0 radical (unpaired) electrons. The first-order valence-electron chi connectivity index (χ1n) is 7.37. The molecule has 1 aliphatic rings. The first kappa shape index (κ1) is 14.9. The minimum absolute atomic E-state index is 0.407. The molecule has 0 amide bonds. The van der Waals surface area contributed by atoms with Crippen LogP contribution in [0, 0.1) is 0 Å². The highest BCUT2D eigenvalue weighted by atomic mass is 79.9. The van der Waals surface area contributed by atoms with Crippen molar-refractivity contribution in [2.24, 2.45) is 0 Å². The van der Waals surface area contributed by atoms with Gasteiger partial charge in [-0.1, -0.05) is 25.3 Å². The molecule has 0 aliphatic heterocycles. The molecule has 1 aliphatic carbocycles. The van der Waals surface area contributed by atoms with Gasteiger partial charge in [-0.25, -0.2) is 0 Å². The molecule has 106 valence electrons. The molecule has 1 aromatic carbocycles. The number of rotatable bonds is 4. The zero-order chi connectivity index (χ0) is 13.8. The van der Waals surface area contributed by atoms with Crippen molar-refractivity contribution < 1.29 is 5.11 Å². The first-order chi connectivity index (χ1) is 9.13. The van der Waals surface area contributed by atoms with Gasteiger partial charge in [0.05, 0.1) is 11.8 Å². The lowest BCUT2D eigenvalue weighted by Gasteiger charge is -2.36. The Bertz CT molecular complexity index is 413. The molecular weight excluding hydrogens is 302 g/mol.